The normalized spacial score (nSPS) is 16.2. The fourth-order valence-corrected chi connectivity index (χ4v) is 2.09. The second-order valence-corrected chi connectivity index (χ2v) is 4.06. The van der Waals surface area contributed by atoms with Crippen molar-refractivity contribution in [2.45, 2.75) is 25.9 Å². The highest BCUT2D eigenvalue weighted by Crippen LogP contribution is 2.33. The molecule has 0 fully saturated rings. The summed E-state index contributed by atoms with van der Waals surface area (Å²) in [6, 6.07) is 3.74. The molecule has 1 N–H and O–H groups in total. The Labute approximate surface area is 88.5 Å². The van der Waals surface area contributed by atoms with E-state index < -0.39 is 0 Å². The van der Waals surface area contributed by atoms with Crippen molar-refractivity contribution >= 4 is 11.6 Å². The lowest BCUT2D eigenvalue weighted by Gasteiger charge is -2.10. The van der Waals surface area contributed by atoms with Gasteiger partial charge in [0.25, 0.3) is 0 Å². The number of fused-ring (bicyclic) bond motifs is 1. The molecule has 1 aromatic rings. The van der Waals surface area contributed by atoms with Crippen LogP contribution in [0.3, 0.4) is 0 Å². The highest BCUT2D eigenvalue weighted by molar-refractivity contribution is 6.31. The number of aliphatic hydroxyl groups excluding tert-OH is 1. The zero-order valence-corrected chi connectivity index (χ0v) is 8.84. The molecule has 1 heterocycles. The van der Waals surface area contributed by atoms with Gasteiger partial charge in [0.2, 0.25) is 0 Å². The van der Waals surface area contributed by atoms with Gasteiger partial charge in [0.15, 0.2) is 0 Å². The van der Waals surface area contributed by atoms with Crippen molar-refractivity contribution in [1.82, 2.24) is 0 Å². The van der Waals surface area contributed by atoms with Crippen LogP contribution in [0.1, 0.15) is 18.1 Å². The number of rotatable bonds is 2. The van der Waals surface area contributed by atoms with Gasteiger partial charge in [0.05, 0.1) is 12.7 Å². The van der Waals surface area contributed by atoms with Crippen molar-refractivity contribution in [3.63, 3.8) is 0 Å². The Morgan fingerprint density at radius 2 is 2.36 bits per heavy atom. The summed E-state index contributed by atoms with van der Waals surface area (Å²) in [5.41, 5.74) is 2.20. The highest BCUT2D eigenvalue weighted by atomic mass is 35.5. The Morgan fingerprint density at radius 1 is 1.57 bits per heavy atom. The van der Waals surface area contributed by atoms with Crippen molar-refractivity contribution in [2.24, 2.45) is 0 Å². The molecule has 0 amide bonds. The lowest BCUT2D eigenvalue weighted by molar-refractivity contribution is 0.195. The first-order valence-corrected chi connectivity index (χ1v) is 5.17. The van der Waals surface area contributed by atoms with E-state index in [-0.39, 0.29) is 6.10 Å². The maximum Gasteiger partial charge on any atom is 0.123 e. The molecule has 0 aromatic heterocycles. The molecule has 0 spiro atoms. The maximum absolute atomic E-state index is 9.36. The van der Waals surface area contributed by atoms with E-state index in [0.29, 0.717) is 6.42 Å². The number of benzene rings is 1. The first-order chi connectivity index (χ1) is 6.68. The van der Waals surface area contributed by atoms with Gasteiger partial charge in [-0.2, -0.15) is 0 Å². The summed E-state index contributed by atoms with van der Waals surface area (Å²) in [7, 11) is 0. The molecule has 76 valence electrons. The van der Waals surface area contributed by atoms with Crippen LogP contribution < -0.4 is 4.74 Å². The van der Waals surface area contributed by atoms with Crippen molar-refractivity contribution in [3.05, 3.63) is 28.3 Å². The van der Waals surface area contributed by atoms with Crippen LogP contribution in [0.4, 0.5) is 0 Å². The average Bonchev–Trinajstić information content (AvgIpc) is 2.57. The molecular formula is C11H13ClO2. The third-order valence-corrected chi connectivity index (χ3v) is 2.79. The van der Waals surface area contributed by atoms with E-state index in [1.54, 1.807) is 6.92 Å². The highest BCUT2D eigenvalue weighted by Gasteiger charge is 2.19. The average molecular weight is 213 g/mol. The predicted octanol–water partition coefficient (Wildman–Crippen LogP) is 2.20. The topological polar surface area (TPSA) is 29.5 Å². The summed E-state index contributed by atoms with van der Waals surface area (Å²) in [5, 5.41) is 10.1. The summed E-state index contributed by atoms with van der Waals surface area (Å²) in [6.45, 7) is 2.49. The zero-order chi connectivity index (χ0) is 10.1. The predicted molar refractivity (Wildman–Crippen MR) is 56.0 cm³/mol. The molecule has 1 aliphatic rings. The van der Waals surface area contributed by atoms with E-state index >= 15 is 0 Å². The first-order valence-electron chi connectivity index (χ1n) is 4.79. The van der Waals surface area contributed by atoms with Crippen LogP contribution in [0, 0.1) is 0 Å². The van der Waals surface area contributed by atoms with Crippen molar-refractivity contribution in [1.29, 1.82) is 0 Å². The Bertz CT molecular complexity index is 347. The molecule has 0 aliphatic carbocycles. The number of aliphatic hydroxyl groups is 1. The van der Waals surface area contributed by atoms with Crippen LogP contribution in [0.15, 0.2) is 12.1 Å². The minimum Gasteiger partial charge on any atom is -0.493 e. The third-order valence-electron chi connectivity index (χ3n) is 2.44. The Hall–Kier alpha value is -0.730. The minimum absolute atomic E-state index is 0.361. The van der Waals surface area contributed by atoms with Gasteiger partial charge < -0.3 is 9.84 Å². The van der Waals surface area contributed by atoms with Gasteiger partial charge in [-0.3, -0.25) is 0 Å². The van der Waals surface area contributed by atoms with Crippen LogP contribution in [0.5, 0.6) is 5.75 Å². The maximum atomic E-state index is 9.36. The van der Waals surface area contributed by atoms with Gasteiger partial charge in [-0.15, -0.1) is 0 Å². The van der Waals surface area contributed by atoms with Gasteiger partial charge in [0, 0.05) is 17.0 Å². The largest absolute Gasteiger partial charge is 0.493 e. The van der Waals surface area contributed by atoms with E-state index in [0.717, 1.165) is 29.4 Å². The molecule has 3 heteroatoms. The van der Waals surface area contributed by atoms with Crippen LogP contribution >= 0.6 is 11.6 Å². The van der Waals surface area contributed by atoms with E-state index in [9.17, 15) is 5.11 Å². The Morgan fingerprint density at radius 3 is 3.07 bits per heavy atom. The molecule has 2 rings (SSSR count). The van der Waals surface area contributed by atoms with Crippen molar-refractivity contribution < 1.29 is 9.84 Å². The number of ether oxygens (including phenoxy) is 1. The van der Waals surface area contributed by atoms with E-state index in [1.165, 1.54) is 5.56 Å². The van der Waals surface area contributed by atoms with Crippen LogP contribution in [0.25, 0.3) is 0 Å². The molecule has 1 unspecified atom stereocenters. The van der Waals surface area contributed by atoms with E-state index in [2.05, 4.69) is 0 Å². The van der Waals surface area contributed by atoms with Crippen molar-refractivity contribution in [2.75, 3.05) is 6.61 Å². The molecule has 1 atom stereocenters. The first kappa shape index (κ1) is 9.81. The summed E-state index contributed by atoms with van der Waals surface area (Å²) in [4.78, 5) is 0. The van der Waals surface area contributed by atoms with Crippen LogP contribution in [-0.2, 0) is 12.8 Å². The van der Waals surface area contributed by atoms with Gasteiger partial charge in [-0.1, -0.05) is 11.6 Å². The van der Waals surface area contributed by atoms with Crippen LogP contribution in [0.2, 0.25) is 5.02 Å². The van der Waals surface area contributed by atoms with Gasteiger partial charge in [-0.25, -0.2) is 0 Å². The monoisotopic (exact) mass is 212 g/mol. The number of halogens is 1. The minimum atomic E-state index is -0.361. The lowest BCUT2D eigenvalue weighted by Crippen LogP contribution is -2.06. The molecule has 0 saturated carbocycles. The van der Waals surface area contributed by atoms with Gasteiger partial charge in [0.1, 0.15) is 5.75 Å². The fraction of sp³-hybridized carbons (Fsp3) is 0.455. The van der Waals surface area contributed by atoms with Crippen LogP contribution in [-0.4, -0.2) is 17.8 Å². The Balaban J connectivity index is 2.41. The van der Waals surface area contributed by atoms with E-state index in [1.807, 2.05) is 12.1 Å². The summed E-state index contributed by atoms with van der Waals surface area (Å²) in [6.07, 6.45) is 1.14. The number of hydrogen-bond acceptors (Lipinski definition) is 2. The molecular weight excluding hydrogens is 200 g/mol. The Kier molecular flexibility index (Phi) is 2.66. The SMILES string of the molecule is CC(O)Cc1c(Cl)ccc2c1CCO2. The summed E-state index contributed by atoms with van der Waals surface area (Å²) in [5.74, 6) is 0.921. The lowest BCUT2D eigenvalue weighted by atomic mass is 10.00. The summed E-state index contributed by atoms with van der Waals surface area (Å²) >= 11 is 6.09. The van der Waals surface area contributed by atoms with E-state index in [4.69, 9.17) is 16.3 Å². The van der Waals surface area contributed by atoms with Gasteiger partial charge in [-0.05, 0) is 31.0 Å². The molecule has 0 radical (unpaired) electrons. The standard InChI is InChI=1S/C11H13ClO2/c1-7(13)6-9-8-4-5-14-11(8)3-2-10(9)12/h2-3,7,13H,4-6H2,1H3. The van der Waals surface area contributed by atoms with Gasteiger partial charge >= 0.3 is 0 Å². The third kappa shape index (κ3) is 1.72. The second kappa shape index (κ2) is 3.79. The van der Waals surface area contributed by atoms with Crippen molar-refractivity contribution in [3.8, 4) is 5.75 Å². The quantitative estimate of drug-likeness (QED) is 0.815. The fourth-order valence-electron chi connectivity index (χ4n) is 1.83. The molecule has 0 saturated heterocycles. The smallest absolute Gasteiger partial charge is 0.123 e. The summed E-state index contributed by atoms with van der Waals surface area (Å²) < 4.78 is 5.44. The molecule has 1 aromatic carbocycles. The number of hydrogen-bond donors (Lipinski definition) is 1. The molecule has 1 aliphatic heterocycles. The molecule has 2 nitrogen and oxygen atoms in total. The molecule has 0 bridgehead atoms. The molecule has 14 heavy (non-hydrogen) atoms. The zero-order valence-electron chi connectivity index (χ0n) is 8.09. The second-order valence-electron chi connectivity index (χ2n) is 3.65.